The van der Waals surface area contributed by atoms with Gasteiger partial charge in [-0.1, -0.05) is 90.6 Å². The average Bonchev–Trinajstić information content (AvgIpc) is 3.93. The molecule has 1 aliphatic carbocycles. The van der Waals surface area contributed by atoms with E-state index in [1.54, 1.807) is 37.9 Å². The Labute approximate surface area is 404 Å². The Morgan fingerprint density at radius 3 is 1.97 bits per heavy atom. The molecule has 1 N–H and O–H groups in total. The molecule has 0 aromatic heterocycles. The van der Waals surface area contributed by atoms with E-state index < -0.39 is 54.1 Å². The predicted octanol–water partition coefficient (Wildman–Crippen LogP) is 6.54. The molecular formula is C53H80N4O11. The van der Waals surface area contributed by atoms with Gasteiger partial charge < -0.3 is 29.3 Å². The van der Waals surface area contributed by atoms with Gasteiger partial charge in [-0.3, -0.25) is 43.3 Å². The quantitative estimate of drug-likeness (QED) is 0.0710. The summed E-state index contributed by atoms with van der Waals surface area (Å²) in [6, 6.07) is 7.60. The number of imide groups is 1. The number of carboxylic acid groups (broad SMARTS) is 1. The van der Waals surface area contributed by atoms with E-state index in [4.69, 9.17) is 9.47 Å². The molecule has 2 aliphatic heterocycles. The molecule has 0 radical (unpaired) electrons. The third-order valence-electron chi connectivity index (χ3n) is 14.9. The fourth-order valence-corrected chi connectivity index (χ4v) is 11.0. The summed E-state index contributed by atoms with van der Waals surface area (Å²) in [5.74, 6) is -5.36. The number of likely N-dealkylation sites (tertiary alicyclic amines) is 1. The summed E-state index contributed by atoms with van der Waals surface area (Å²) < 4.78 is 12.2. The first-order valence-corrected chi connectivity index (χ1v) is 25.1. The van der Waals surface area contributed by atoms with Crippen molar-refractivity contribution >= 4 is 47.1 Å². The molecule has 1 saturated carbocycles. The largest absolute Gasteiger partial charge is 0.481 e. The number of hydrogen-bond acceptors (Lipinski definition) is 10. The first-order valence-electron chi connectivity index (χ1n) is 25.1. The minimum Gasteiger partial charge on any atom is -0.481 e. The van der Waals surface area contributed by atoms with Crippen molar-refractivity contribution in [3.8, 4) is 0 Å². The van der Waals surface area contributed by atoms with Crippen LogP contribution in [0, 0.1) is 35.5 Å². The summed E-state index contributed by atoms with van der Waals surface area (Å²) in [7, 11) is 6.48. The van der Waals surface area contributed by atoms with Gasteiger partial charge in [0.2, 0.25) is 17.7 Å². The molecule has 2 heterocycles. The Morgan fingerprint density at radius 2 is 1.40 bits per heavy atom. The molecule has 1 saturated heterocycles. The van der Waals surface area contributed by atoms with Crippen LogP contribution in [0.4, 0.5) is 0 Å². The van der Waals surface area contributed by atoms with E-state index in [1.165, 1.54) is 29.1 Å². The maximum atomic E-state index is 14.8. The molecule has 68 heavy (non-hydrogen) atoms. The molecule has 15 nitrogen and oxygen atoms in total. The van der Waals surface area contributed by atoms with Crippen LogP contribution in [0.2, 0.25) is 0 Å². The van der Waals surface area contributed by atoms with E-state index in [2.05, 4.69) is 0 Å². The first kappa shape index (κ1) is 55.8. The van der Waals surface area contributed by atoms with Crippen molar-refractivity contribution in [2.24, 2.45) is 35.5 Å². The lowest BCUT2D eigenvalue weighted by molar-refractivity contribution is -0.150. The fourth-order valence-electron chi connectivity index (χ4n) is 11.0. The molecule has 378 valence electrons. The van der Waals surface area contributed by atoms with Gasteiger partial charge in [-0.25, -0.2) is 0 Å². The van der Waals surface area contributed by atoms with Crippen LogP contribution in [0.5, 0.6) is 0 Å². The minimum atomic E-state index is -1.04. The van der Waals surface area contributed by atoms with E-state index in [-0.39, 0.29) is 97.5 Å². The number of rotatable bonds is 28. The average molecular weight is 949 g/mol. The highest BCUT2D eigenvalue weighted by atomic mass is 16.5. The van der Waals surface area contributed by atoms with Gasteiger partial charge in [-0.15, -0.1) is 0 Å². The molecule has 0 unspecified atom stereocenters. The number of nitrogens with zero attached hydrogens (tertiary/aromatic N) is 4. The van der Waals surface area contributed by atoms with Gasteiger partial charge in [0, 0.05) is 84.7 Å². The molecule has 1 aromatic carbocycles. The number of carbonyl (C=O) groups excluding carboxylic acids is 7. The van der Waals surface area contributed by atoms with Crippen LogP contribution in [0.25, 0.3) is 0 Å². The van der Waals surface area contributed by atoms with Gasteiger partial charge in [0.1, 0.15) is 5.78 Å². The van der Waals surface area contributed by atoms with Gasteiger partial charge in [0.15, 0.2) is 5.78 Å². The van der Waals surface area contributed by atoms with Crippen LogP contribution in [-0.2, 0) is 54.3 Å². The standard InChI is InChI=1S/C53H80N4O11/c1-34(2)40(32-43(59)49(35(3)4)54(6)45(60)25-17-12-18-28-57-46(61)26-27-47(57)62)52(64)55(7)50(38-22-15-11-16-23-38)44(67-8)33-48(63)56-29-19-24-41(56)51(68-9)36(5)42(58)31-39(53(65)66)30-37-20-13-10-14-21-37/h10,13-14,20-21,26-27,34-36,38-41,44,49-51H,11-12,15-19,22-25,28-33H2,1-9H3,(H,65,66)/t36-,39+,40-,41-,44+,49-,50-,51+/m0/s1. The number of aliphatic carboxylic acids is 1. The number of unbranched alkanes of at least 4 members (excludes halogenated alkanes) is 2. The van der Waals surface area contributed by atoms with Crippen LogP contribution in [0.1, 0.15) is 130 Å². The second-order valence-electron chi connectivity index (χ2n) is 20.2. The van der Waals surface area contributed by atoms with Crippen molar-refractivity contribution in [3.05, 3.63) is 48.0 Å². The number of ketones is 2. The molecule has 3 aliphatic rings. The summed E-state index contributed by atoms with van der Waals surface area (Å²) in [5.41, 5.74) is 0.834. The molecule has 15 heteroatoms. The number of benzene rings is 1. The first-order chi connectivity index (χ1) is 32.3. The lowest BCUT2D eigenvalue weighted by atomic mass is 9.79. The van der Waals surface area contributed by atoms with E-state index in [0.717, 1.165) is 37.7 Å². The van der Waals surface area contributed by atoms with Gasteiger partial charge in [-0.2, -0.15) is 0 Å². The van der Waals surface area contributed by atoms with Gasteiger partial charge in [-0.05, 0) is 68.3 Å². The van der Waals surface area contributed by atoms with Crippen molar-refractivity contribution in [3.63, 3.8) is 0 Å². The Balaban J connectivity index is 1.45. The highest BCUT2D eigenvalue weighted by Gasteiger charge is 2.45. The Morgan fingerprint density at radius 1 is 0.750 bits per heavy atom. The number of ether oxygens (including phenoxy) is 2. The maximum Gasteiger partial charge on any atom is 0.307 e. The molecule has 8 atom stereocenters. The van der Waals surface area contributed by atoms with Crippen LogP contribution >= 0.6 is 0 Å². The van der Waals surface area contributed by atoms with Crippen LogP contribution in [0.15, 0.2) is 42.5 Å². The van der Waals surface area contributed by atoms with Gasteiger partial charge >= 0.3 is 5.97 Å². The second kappa shape index (κ2) is 26.8. The third-order valence-corrected chi connectivity index (χ3v) is 14.9. The summed E-state index contributed by atoms with van der Waals surface area (Å²) >= 11 is 0. The molecule has 4 rings (SSSR count). The fraction of sp³-hybridized carbons (Fsp3) is 0.698. The molecule has 0 bridgehead atoms. The predicted molar refractivity (Wildman–Crippen MR) is 258 cm³/mol. The van der Waals surface area contributed by atoms with E-state index in [1.807, 2.05) is 58.0 Å². The van der Waals surface area contributed by atoms with E-state index >= 15 is 0 Å². The van der Waals surface area contributed by atoms with Crippen molar-refractivity contribution < 1.29 is 52.9 Å². The minimum absolute atomic E-state index is 0.0119. The lowest BCUT2D eigenvalue weighted by Crippen LogP contribution is -2.55. The van der Waals surface area contributed by atoms with E-state index in [9.17, 15) is 43.5 Å². The highest BCUT2D eigenvalue weighted by Crippen LogP contribution is 2.36. The topological polar surface area (TPSA) is 188 Å². The molecule has 0 spiro atoms. The van der Waals surface area contributed by atoms with Crippen molar-refractivity contribution in [2.45, 2.75) is 161 Å². The van der Waals surface area contributed by atoms with Crippen molar-refractivity contribution in [1.82, 2.24) is 19.6 Å². The summed E-state index contributed by atoms with van der Waals surface area (Å²) in [5, 5.41) is 10.0. The molecular weight excluding hydrogens is 869 g/mol. The number of amides is 5. The Bertz CT molecular complexity index is 1900. The second-order valence-corrected chi connectivity index (χ2v) is 20.2. The van der Waals surface area contributed by atoms with Crippen LogP contribution < -0.4 is 0 Å². The van der Waals surface area contributed by atoms with Crippen molar-refractivity contribution in [1.29, 1.82) is 0 Å². The number of carboxylic acids is 1. The summed E-state index contributed by atoms with van der Waals surface area (Å²) in [4.78, 5) is 113. The maximum absolute atomic E-state index is 14.8. The number of hydrogen-bond donors (Lipinski definition) is 1. The zero-order valence-corrected chi connectivity index (χ0v) is 42.2. The van der Waals surface area contributed by atoms with Crippen molar-refractivity contribution in [2.75, 3.05) is 41.4 Å². The summed E-state index contributed by atoms with van der Waals surface area (Å²) in [6.07, 6.45) is 9.16. The Kier molecular flexibility index (Phi) is 22.0. The molecule has 1 aromatic rings. The normalized spacial score (nSPS) is 19.7. The monoisotopic (exact) mass is 949 g/mol. The van der Waals surface area contributed by atoms with Crippen LogP contribution in [0.3, 0.4) is 0 Å². The smallest absolute Gasteiger partial charge is 0.307 e. The Hall–Kier alpha value is -4.76. The number of likely N-dealkylation sites (N-methyl/N-ethyl adjacent to an activating group) is 2. The SMILES string of the molecule is CO[C@H]([C@@H](C)C(=O)C[C@@H](Cc1ccccc1)C(=O)O)[C@@H]1CCCN1C(=O)C[C@@H](OC)[C@H](C1CCCCC1)N(C)C(=O)[C@@H](CC(=O)[C@H](C(C)C)N(C)C(=O)CCCCCN1C(=O)C=CC1=O)C(C)C. The third kappa shape index (κ3) is 14.9. The van der Waals surface area contributed by atoms with Crippen LogP contribution in [-0.4, -0.2) is 144 Å². The molecule has 2 fully saturated rings. The van der Waals surface area contributed by atoms with Gasteiger partial charge in [0.25, 0.3) is 11.8 Å². The molecule has 5 amide bonds. The zero-order chi connectivity index (χ0) is 50.2. The highest BCUT2D eigenvalue weighted by molar-refractivity contribution is 6.12. The number of Topliss-reactive ketones (excluding diaryl/α,β-unsaturated/α-hetero) is 2. The number of carbonyl (C=O) groups is 8. The lowest BCUT2D eigenvalue weighted by Gasteiger charge is -2.43. The summed E-state index contributed by atoms with van der Waals surface area (Å²) in [6.45, 7) is 10.1. The zero-order valence-electron chi connectivity index (χ0n) is 42.2. The number of methoxy groups -OCH3 is 2. The van der Waals surface area contributed by atoms with Gasteiger partial charge in [0.05, 0.1) is 42.7 Å². The van der Waals surface area contributed by atoms with E-state index in [0.29, 0.717) is 38.6 Å².